The van der Waals surface area contributed by atoms with Gasteiger partial charge in [0.05, 0.1) is 19.6 Å². The second-order valence-corrected chi connectivity index (χ2v) is 5.01. The summed E-state index contributed by atoms with van der Waals surface area (Å²) in [5.74, 6) is -2.04. The Bertz CT molecular complexity index is 458. The lowest BCUT2D eigenvalue weighted by Gasteiger charge is -2.38. The van der Waals surface area contributed by atoms with Gasteiger partial charge in [0.2, 0.25) is 5.91 Å². The minimum atomic E-state index is -0.931. The molecule has 0 radical (unpaired) electrons. The largest absolute Gasteiger partial charge is 0.380 e. The molecule has 1 fully saturated rings. The lowest BCUT2D eigenvalue weighted by atomic mass is 9.89. The van der Waals surface area contributed by atoms with Crippen LogP contribution in [-0.2, 0) is 16.0 Å². The van der Waals surface area contributed by atoms with Crippen molar-refractivity contribution in [2.45, 2.75) is 13.3 Å². The van der Waals surface area contributed by atoms with Gasteiger partial charge in [-0.2, -0.15) is 0 Å². The van der Waals surface area contributed by atoms with E-state index in [-0.39, 0.29) is 17.7 Å². The van der Waals surface area contributed by atoms with E-state index in [9.17, 15) is 13.6 Å². The molecule has 0 unspecified atom stereocenters. The average Bonchev–Trinajstić information content (AvgIpc) is 2.29. The van der Waals surface area contributed by atoms with Crippen LogP contribution in [0.25, 0.3) is 0 Å². The van der Waals surface area contributed by atoms with E-state index in [0.29, 0.717) is 25.3 Å². The number of hydrogen-bond acceptors (Lipinski definition) is 2. The van der Waals surface area contributed by atoms with Gasteiger partial charge < -0.3 is 10.1 Å². The van der Waals surface area contributed by atoms with Crippen molar-refractivity contribution >= 4 is 5.91 Å². The lowest BCUT2D eigenvalue weighted by molar-refractivity contribution is -0.126. The summed E-state index contributed by atoms with van der Waals surface area (Å²) in [5.41, 5.74) is 0.463. The third kappa shape index (κ3) is 3.04. The molecule has 1 saturated heterocycles. The summed E-state index contributed by atoms with van der Waals surface area (Å²) in [7, 11) is 0. The van der Waals surface area contributed by atoms with Crippen molar-refractivity contribution in [1.29, 1.82) is 0 Å². The summed E-state index contributed by atoms with van der Waals surface area (Å²) >= 11 is 0. The van der Waals surface area contributed by atoms with Crippen molar-refractivity contribution in [2.24, 2.45) is 5.41 Å². The first-order valence-corrected chi connectivity index (χ1v) is 5.77. The van der Waals surface area contributed by atoms with Gasteiger partial charge in [-0.05, 0) is 17.7 Å². The van der Waals surface area contributed by atoms with Gasteiger partial charge in [-0.3, -0.25) is 4.79 Å². The maximum Gasteiger partial charge on any atom is 0.224 e. The number of carbonyl (C=O) groups is 1. The van der Waals surface area contributed by atoms with Crippen molar-refractivity contribution in [3.63, 3.8) is 0 Å². The predicted octanol–water partition coefficient (Wildman–Crippen LogP) is 1.66. The zero-order valence-electron chi connectivity index (χ0n) is 10.1. The minimum absolute atomic E-state index is 0.00368. The summed E-state index contributed by atoms with van der Waals surface area (Å²) in [4.78, 5) is 11.6. The van der Waals surface area contributed by atoms with E-state index in [1.54, 1.807) is 0 Å². The third-order valence-corrected chi connectivity index (χ3v) is 2.96. The normalized spacial score (nSPS) is 17.1. The molecule has 1 aliphatic rings. The Balaban J connectivity index is 1.85. The number of nitrogens with one attached hydrogen (secondary N) is 1. The fourth-order valence-corrected chi connectivity index (χ4v) is 1.76. The molecule has 0 saturated carbocycles. The molecule has 98 valence electrons. The highest BCUT2D eigenvalue weighted by Crippen LogP contribution is 2.25. The van der Waals surface area contributed by atoms with Crippen LogP contribution in [0, 0.1) is 17.0 Å². The Kier molecular flexibility index (Phi) is 3.61. The molecule has 0 aliphatic carbocycles. The van der Waals surface area contributed by atoms with Gasteiger partial charge in [0, 0.05) is 12.0 Å². The molecular formula is C13H15F2NO2. The van der Waals surface area contributed by atoms with Crippen LogP contribution in [0.2, 0.25) is 0 Å². The van der Waals surface area contributed by atoms with Crippen LogP contribution in [0.3, 0.4) is 0 Å². The number of halogens is 2. The molecule has 0 spiro atoms. The number of rotatable bonds is 4. The molecule has 0 aromatic heterocycles. The van der Waals surface area contributed by atoms with Crippen LogP contribution in [0.4, 0.5) is 8.78 Å². The van der Waals surface area contributed by atoms with E-state index >= 15 is 0 Å². The molecule has 1 N–H and O–H groups in total. The molecule has 5 heteroatoms. The first kappa shape index (κ1) is 13.0. The topological polar surface area (TPSA) is 38.3 Å². The standard InChI is InChI=1S/C13H15F2NO2/c1-13(7-18-8-13)6-16-12(17)5-9-2-3-10(14)11(15)4-9/h2-4H,5-8H2,1H3,(H,16,17). The van der Waals surface area contributed by atoms with E-state index in [4.69, 9.17) is 4.74 Å². The van der Waals surface area contributed by atoms with Crippen molar-refractivity contribution in [3.05, 3.63) is 35.4 Å². The molecule has 0 atom stereocenters. The van der Waals surface area contributed by atoms with Crippen molar-refractivity contribution in [1.82, 2.24) is 5.32 Å². The van der Waals surface area contributed by atoms with E-state index in [1.807, 2.05) is 6.92 Å². The Morgan fingerprint density at radius 1 is 1.39 bits per heavy atom. The van der Waals surface area contributed by atoms with Crippen LogP contribution in [0.15, 0.2) is 18.2 Å². The number of benzene rings is 1. The minimum Gasteiger partial charge on any atom is -0.380 e. The Morgan fingerprint density at radius 2 is 2.11 bits per heavy atom. The van der Waals surface area contributed by atoms with Crippen LogP contribution in [0.1, 0.15) is 12.5 Å². The molecular weight excluding hydrogens is 240 g/mol. The molecule has 2 rings (SSSR count). The Hall–Kier alpha value is -1.49. The summed E-state index contributed by atoms with van der Waals surface area (Å²) < 4.78 is 30.7. The van der Waals surface area contributed by atoms with Crippen LogP contribution in [-0.4, -0.2) is 25.7 Å². The molecule has 1 heterocycles. The maximum absolute atomic E-state index is 12.9. The molecule has 1 aromatic carbocycles. The SMILES string of the molecule is CC1(CNC(=O)Cc2ccc(F)c(F)c2)COC1. The molecule has 3 nitrogen and oxygen atoms in total. The highest BCUT2D eigenvalue weighted by Gasteiger charge is 2.33. The lowest BCUT2D eigenvalue weighted by Crippen LogP contribution is -2.48. The quantitative estimate of drug-likeness (QED) is 0.888. The first-order chi connectivity index (χ1) is 8.48. The van der Waals surface area contributed by atoms with E-state index < -0.39 is 11.6 Å². The molecule has 1 amide bonds. The van der Waals surface area contributed by atoms with Crippen molar-refractivity contribution < 1.29 is 18.3 Å². The van der Waals surface area contributed by atoms with Gasteiger partial charge in [-0.1, -0.05) is 13.0 Å². The highest BCUT2D eigenvalue weighted by molar-refractivity contribution is 5.78. The number of carbonyl (C=O) groups excluding carboxylic acids is 1. The van der Waals surface area contributed by atoms with E-state index in [0.717, 1.165) is 12.1 Å². The van der Waals surface area contributed by atoms with Gasteiger partial charge in [0.15, 0.2) is 11.6 Å². The van der Waals surface area contributed by atoms with Crippen LogP contribution >= 0.6 is 0 Å². The Morgan fingerprint density at radius 3 is 2.67 bits per heavy atom. The molecule has 18 heavy (non-hydrogen) atoms. The summed E-state index contributed by atoms with van der Waals surface area (Å²) in [6.45, 7) is 3.83. The maximum atomic E-state index is 12.9. The van der Waals surface area contributed by atoms with E-state index in [2.05, 4.69) is 5.32 Å². The van der Waals surface area contributed by atoms with Crippen molar-refractivity contribution in [3.8, 4) is 0 Å². The Labute approximate surface area is 104 Å². The van der Waals surface area contributed by atoms with Gasteiger partial charge >= 0.3 is 0 Å². The monoisotopic (exact) mass is 255 g/mol. The van der Waals surface area contributed by atoms with Crippen LogP contribution in [0.5, 0.6) is 0 Å². The average molecular weight is 255 g/mol. The summed E-state index contributed by atoms with van der Waals surface area (Å²) in [6, 6.07) is 3.48. The molecule has 0 bridgehead atoms. The van der Waals surface area contributed by atoms with Gasteiger partial charge in [-0.15, -0.1) is 0 Å². The van der Waals surface area contributed by atoms with Crippen molar-refractivity contribution in [2.75, 3.05) is 19.8 Å². The zero-order valence-corrected chi connectivity index (χ0v) is 10.1. The molecule has 1 aromatic rings. The predicted molar refractivity (Wildman–Crippen MR) is 62.0 cm³/mol. The van der Waals surface area contributed by atoms with Crippen LogP contribution < -0.4 is 5.32 Å². The molecule has 1 aliphatic heterocycles. The first-order valence-electron chi connectivity index (χ1n) is 5.77. The fraction of sp³-hybridized carbons (Fsp3) is 0.462. The van der Waals surface area contributed by atoms with Gasteiger partial charge in [0.25, 0.3) is 0 Å². The van der Waals surface area contributed by atoms with E-state index in [1.165, 1.54) is 6.07 Å². The van der Waals surface area contributed by atoms with Gasteiger partial charge in [-0.25, -0.2) is 8.78 Å². The van der Waals surface area contributed by atoms with Gasteiger partial charge in [0.1, 0.15) is 0 Å². The number of hydrogen-bond donors (Lipinski definition) is 1. The third-order valence-electron chi connectivity index (χ3n) is 2.96. The summed E-state index contributed by atoms with van der Waals surface area (Å²) in [5, 5.41) is 2.77. The number of ether oxygens (including phenoxy) is 1. The fourth-order valence-electron chi connectivity index (χ4n) is 1.76. The second-order valence-electron chi connectivity index (χ2n) is 5.01. The second kappa shape index (κ2) is 5.02. The number of amides is 1. The highest BCUT2D eigenvalue weighted by atomic mass is 19.2. The smallest absolute Gasteiger partial charge is 0.224 e. The zero-order chi connectivity index (χ0) is 13.2. The summed E-state index contributed by atoms with van der Waals surface area (Å²) in [6.07, 6.45) is 0.0497.